The van der Waals surface area contributed by atoms with E-state index in [4.69, 9.17) is 11.6 Å². The maximum atomic E-state index is 5.77. The summed E-state index contributed by atoms with van der Waals surface area (Å²) in [7, 11) is 2.18. The standard InChI is InChI=1S/C16H20BrClN2S/c1-20(11-13-5-4-6-14(17)9-13)8-3-2-7-16-19-15(10-18)12-21-16/h4-6,9,12H,2-3,7-8,10-11H2,1H3. The van der Waals surface area contributed by atoms with Crippen LogP contribution in [0.15, 0.2) is 34.1 Å². The molecule has 0 aliphatic heterocycles. The fraction of sp³-hybridized carbons (Fsp3) is 0.438. The Labute approximate surface area is 144 Å². The molecule has 1 aromatic carbocycles. The summed E-state index contributed by atoms with van der Waals surface area (Å²) in [6, 6.07) is 8.50. The molecule has 2 aromatic rings. The van der Waals surface area contributed by atoms with Gasteiger partial charge in [-0.25, -0.2) is 4.98 Å². The van der Waals surface area contributed by atoms with E-state index in [0.29, 0.717) is 5.88 Å². The van der Waals surface area contributed by atoms with Gasteiger partial charge in [-0.3, -0.25) is 0 Å². The van der Waals surface area contributed by atoms with Crippen LogP contribution in [0.2, 0.25) is 0 Å². The van der Waals surface area contributed by atoms with Crippen molar-refractivity contribution in [1.82, 2.24) is 9.88 Å². The summed E-state index contributed by atoms with van der Waals surface area (Å²) in [4.78, 5) is 6.86. The summed E-state index contributed by atoms with van der Waals surface area (Å²) in [5.41, 5.74) is 2.35. The molecule has 114 valence electrons. The molecule has 2 rings (SSSR count). The lowest BCUT2D eigenvalue weighted by Crippen LogP contribution is -2.19. The summed E-state index contributed by atoms with van der Waals surface area (Å²) < 4.78 is 1.15. The van der Waals surface area contributed by atoms with Gasteiger partial charge in [-0.2, -0.15) is 0 Å². The van der Waals surface area contributed by atoms with E-state index in [1.54, 1.807) is 11.3 Å². The highest BCUT2D eigenvalue weighted by atomic mass is 79.9. The number of aromatic nitrogens is 1. The zero-order chi connectivity index (χ0) is 15.1. The number of aryl methyl sites for hydroxylation is 1. The summed E-state index contributed by atoms with van der Waals surface area (Å²) in [5, 5.41) is 3.27. The molecule has 1 aromatic heterocycles. The molecular weight excluding hydrogens is 368 g/mol. The number of rotatable bonds is 8. The number of benzene rings is 1. The molecule has 0 saturated heterocycles. The van der Waals surface area contributed by atoms with Crippen LogP contribution < -0.4 is 0 Å². The van der Waals surface area contributed by atoms with Crippen molar-refractivity contribution in [2.24, 2.45) is 0 Å². The maximum absolute atomic E-state index is 5.77. The number of hydrogen-bond donors (Lipinski definition) is 0. The number of halogens is 2. The summed E-state index contributed by atoms with van der Waals surface area (Å²) in [5.74, 6) is 0.520. The van der Waals surface area contributed by atoms with Crippen LogP contribution in [0.4, 0.5) is 0 Å². The van der Waals surface area contributed by atoms with Gasteiger partial charge in [0.05, 0.1) is 16.6 Å². The number of alkyl halides is 1. The third-order valence-corrected chi connectivity index (χ3v) is 4.98. The van der Waals surface area contributed by atoms with Gasteiger partial charge in [0.25, 0.3) is 0 Å². The fourth-order valence-corrected chi connectivity index (χ4v) is 3.72. The summed E-state index contributed by atoms with van der Waals surface area (Å²) in [6.45, 7) is 2.10. The Kier molecular flexibility index (Phi) is 7.17. The van der Waals surface area contributed by atoms with Crippen molar-refractivity contribution in [3.05, 3.63) is 50.4 Å². The normalized spacial score (nSPS) is 11.2. The van der Waals surface area contributed by atoms with Gasteiger partial charge in [-0.05, 0) is 50.6 Å². The van der Waals surface area contributed by atoms with Crippen molar-refractivity contribution in [2.75, 3.05) is 13.6 Å². The summed E-state index contributed by atoms with van der Waals surface area (Å²) >= 11 is 11.0. The topological polar surface area (TPSA) is 16.1 Å². The van der Waals surface area contributed by atoms with E-state index < -0.39 is 0 Å². The first-order valence-corrected chi connectivity index (χ1v) is 9.30. The predicted molar refractivity (Wildman–Crippen MR) is 95.1 cm³/mol. The number of unbranched alkanes of at least 4 members (excludes halogenated alkanes) is 1. The lowest BCUT2D eigenvalue weighted by Gasteiger charge is -2.16. The third-order valence-electron chi connectivity index (χ3n) is 3.26. The zero-order valence-electron chi connectivity index (χ0n) is 12.2. The highest BCUT2D eigenvalue weighted by molar-refractivity contribution is 9.10. The molecule has 0 aliphatic carbocycles. The quantitative estimate of drug-likeness (QED) is 0.463. The molecule has 0 unspecified atom stereocenters. The van der Waals surface area contributed by atoms with Gasteiger partial charge in [0.2, 0.25) is 0 Å². The first-order chi connectivity index (χ1) is 10.2. The predicted octanol–water partition coefficient (Wildman–Crippen LogP) is 5.10. The number of nitrogens with zero attached hydrogens (tertiary/aromatic N) is 2. The minimum atomic E-state index is 0.520. The van der Waals surface area contributed by atoms with Crippen molar-refractivity contribution in [1.29, 1.82) is 0 Å². The largest absolute Gasteiger partial charge is 0.302 e. The molecule has 0 amide bonds. The van der Waals surface area contributed by atoms with Crippen molar-refractivity contribution in [2.45, 2.75) is 31.7 Å². The first-order valence-electron chi connectivity index (χ1n) is 7.09. The van der Waals surface area contributed by atoms with E-state index in [0.717, 1.165) is 29.7 Å². The van der Waals surface area contributed by atoms with Crippen molar-refractivity contribution < 1.29 is 0 Å². The molecule has 0 atom stereocenters. The molecule has 0 N–H and O–H groups in total. The van der Waals surface area contributed by atoms with Crippen LogP contribution >= 0.6 is 38.9 Å². The van der Waals surface area contributed by atoms with E-state index >= 15 is 0 Å². The lowest BCUT2D eigenvalue weighted by atomic mass is 10.2. The van der Waals surface area contributed by atoms with E-state index in [1.165, 1.54) is 23.4 Å². The van der Waals surface area contributed by atoms with Crippen molar-refractivity contribution in [3.63, 3.8) is 0 Å². The second-order valence-corrected chi connectivity index (χ2v) is 7.32. The highest BCUT2D eigenvalue weighted by Gasteiger charge is 2.03. The second-order valence-electron chi connectivity index (χ2n) is 5.19. The Morgan fingerprint density at radius 1 is 1.33 bits per heavy atom. The first kappa shape index (κ1) is 16.9. The molecule has 5 heteroatoms. The molecule has 0 bridgehead atoms. The van der Waals surface area contributed by atoms with Gasteiger partial charge in [0, 0.05) is 16.4 Å². The zero-order valence-corrected chi connectivity index (χ0v) is 15.3. The number of thiazole rings is 1. The molecule has 0 radical (unpaired) electrons. The Balaban J connectivity index is 1.66. The monoisotopic (exact) mass is 386 g/mol. The van der Waals surface area contributed by atoms with E-state index in [9.17, 15) is 0 Å². The van der Waals surface area contributed by atoms with Gasteiger partial charge < -0.3 is 4.90 Å². The molecule has 0 aliphatic rings. The molecule has 0 fully saturated rings. The van der Waals surface area contributed by atoms with Gasteiger partial charge in [-0.15, -0.1) is 22.9 Å². The van der Waals surface area contributed by atoms with Crippen LogP contribution in [-0.4, -0.2) is 23.5 Å². The molecule has 0 saturated carbocycles. The van der Waals surface area contributed by atoms with Crippen molar-refractivity contribution in [3.8, 4) is 0 Å². The third kappa shape index (κ3) is 6.07. The van der Waals surface area contributed by atoms with Gasteiger partial charge in [0.1, 0.15) is 0 Å². The Morgan fingerprint density at radius 2 is 2.19 bits per heavy atom. The Hall–Kier alpha value is -0.420. The van der Waals surface area contributed by atoms with Crippen LogP contribution in [0.5, 0.6) is 0 Å². The Morgan fingerprint density at radius 3 is 2.90 bits per heavy atom. The minimum Gasteiger partial charge on any atom is -0.302 e. The average molecular weight is 388 g/mol. The highest BCUT2D eigenvalue weighted by Crippen LogP contribution is 2.15. The van der Waals surface area contributed by atoms with Crippen LogP contribution in [0, 0.1) is 0 Å². The van der Waals surface area contributed by atoms with E-state index in [1.807, 2.05) is 0 Å². The minimum absolute atomic E-state index is 0.520. The van der Waals surface area contributed by atoms with Crippen molar-refractivity contribution >= 4 is 38.9 Å². The number of hydrogen-bond acceptors (Lipinski definition) is 3. The molecular formula is C16H20BrClN2S. The molecule has 0 spiro atoms. The summed E-state index contributed by atoms with van der Waals surface area (Å²) in [6.07, 6.45) is 3.44. The SMILES string of the molecule is CN(CCCCc1nc(CCl)cs1)Cc1cccc(Br)c1. The van der Waals surface area contributed by atoms with Gasteiger partial charge in [0.15, 0.2) is 0 Å². The average Bonchev–Trinajstić information content (AvgIpc) is 2.91. The second kappa shape index (κ2) is 8.89. The molecule has 1 heterocycles. The molecule has 21 heavy (non-hydrogen) atoms. The van der Waals surface area contributed by atoms with Crippen LogP contribution in [0.1, 0.15) is 29.1 Å². The smallest absolute Gasteiger partial charge is 0.0928 e. The van der Waals surface area contributed by atoms with E-state index in [-0.39, 0.29) is 0 Å². The van der Waals surface area contributed by atoms with Crippen LogP contribution in [-0.2, 0) is 18.8 Å². The van der Waals surface area contributed by atoms with Crippen LogP contribution in [0.3, 0.4) is 0 Å². The van der Waals surface area contributed by atoms with Crippen LogP contribution in [0.25, 0.3) is 0 Å². The fourth-order valence-electron chi connectivity index (χ4n) is 2.21. The Bertz CT molecular complexity index is 559. The molecule has 2 nitrogen and oxygen atoms in total. The van der Waals surface area contributed by atoms with Gasteiger partial charge in [-0.1, -0.05) is 28.1 Å². The lowest BCUT2D eigenvalue weighted by molar-refractivity contribution is 0.318. The maximum Gasteiger partial charge on any atom is 0.0928 e. The van der Waals surface area contributed by atoms with E-state index in [2.05, 4.69) is 62.5 Å². The van der Waals surface area contributed by atoms with Gasteiger partial charge >= 0.3 is 0 Å².